The molecule has 0 radical (unpaired) electrons. The Labute approximate surface area is 200 Å². The van der Waals surface area contributed by atoms with E-state index in [1.165, 1.54) is 57.9 Å². The van der Waals surface area contributed by atoms with Crippen LogP contribution in [0.5, 0.6) is 0 Å². The van der Waals surface area contributed by atoms with Crippen molar-refractivity contribution < 1.29 is 14.9 Å². The topological polar surface area (TPSA) is 52.9 Å². The van der Waals surface area contributed by atoms with Gasteiger partial charge in [0.1, 0.15) is 0 Å². The fraction of sp³-hybridized carbons (Fsp3) is 0.793. The van der Waals surface area contributed by atoms with E-state index in [9.17, 15) is 10.2 Å². The second-order valence-corrected chi connectivity index (χ2v) is 12.3. The number of fused-ring (bicyclic) bond motifs is 1. The molecule has 4 nitrogen and oxygen atoms in total. The molecule has 5 aliphatic rings. The normalized spacial score (nSPS) is 42.1. The van der Waals surface area contributed by atoms with Crippen molar-refractivity contribution in [2.24, 2.45) is 23.2 Å². The summed E-state index contributed by atoms with van der Waals surface area (Å²) >= 11 is 0. The molecule has 4 heteroatoms. The number of aliphatic hydroxyl groups is 2. The lowest BCUT2D eigenvalue weighted by Crippen LogP contribution is -2.45. The standard InChI is InChI=1S/C29H45NO3/c1-20(10-14-30-15-16-33-29(19-30)12-13-29)24-8-9-25-23(5-4-11-28(24,25)3)7-6-22-17-26(31)21(2)27(32)18-22/h6-7,20,24-27,31-32H,2,4-5,8-19H2,1,3H3/t20?,24-,25+,26-,27+,28-/m1/s1. The summed E-state index contributed by atoms with van der Waals surface area (Å²) in [5.41, 5.74) is 4.00. The summed E-state index contributed by atoms with van der Waals surface area (Å²) < 4.78 is 6.01. The van der Waals surface area contributed by atoms with Gasteiger partial charge < -0.3 is 14.9 Å². The zero-order valence-corrected chi connectivity index (χ0v) is 20.9. The van der Waals surface area contributed by atoms with Gasteiger partial charge in [0.2, 0.25) is 0 Å². The molecule has 184 valence electrons. The third kappa shape index (κ3) is 4.78. The number of nitrogens with zero attached hydrogens (tertiary/aromatic N) is 1. The quantitative estimate of drug-likeness (QED) is 0.572. The first kappa shape index (κ1) is 23.8. The van der Waals surface area contributed by atoms with E-state index < -0.39 is 12.2 Å². The molecule has 5 rings (SSSR count). The Balaban J connectivity index is 1.21. The number of ether oxygens (including phenoxy) is 1. The molecule has 1 spiro atoms. The molecule has 33 heavy (non-hydrogen) atoms. The van der Waals surface area contributed by atoms with Crippen molar-refractivity contribution >= 4 is 0 Å². The molecule has 1 unspecified atom stereocenters. The summed E-state index contributed by atoms with van der Waals surface area (Å²) in [6.45, 7) is 13.4. The Kier molecular flexibility index (Phi) is 6.67. The predicted molar refractivity (Wildman–Crippen MR) is 133 cm³/mol. The minimum Gasteiger partial charge on any atom is -0.388 e. The first-order valence-corrected chi connectivity index (χ1v) is 13.6. The van der Waals surface area contributed by atoms with Crippen LogP contribution in [0.2, 0.25) is 0 Å². The predicted octanol–water partition coefficient (Wildman–Crippen LogP) is 5.02. The summed E-state index contributed by atoms with van der Waals surface area (Å²) in [5.74, 6) is 2.28. The Morgan fingerprint density at radius 3 is 2.64 bits per heavy atom. The van der Waals surface area contributed by atoms with Crippen LogP contribution in [0.25, 0.3) is 0 Å². The third-order valence-corrected chi connectivity index (χ3v) is 10.1. The molecule has 6 atom stereocenters. The van der Waals surface area contributed by atoms with Crippen LogP contribution in [0, 0.1) is 23.2 Å². The number of allylic oxidation sites excluding steroid dienone is 3. The van der Waals surface area contributed by atoms with Crippen molar-refractivity contribution in [3.63, 3.8) is 0 Å². The van der Waals surface area contributed by atoms with E-state index >= 15 is 0 Å². The molecule has 1 heterocycles. The van der Waals surface area contributed by atoms with E-state index in [-0.39, 0.29) is 5.60 Å². The lowest BCUT2D eigenvalue weighted by atomic mass is 9.61. The lowest BCUT2D eigenvalue weighted by Gasteiger charge is -2.45. The lowest BCUT2D eigenvalue weighted by molar-refractivity contribution is -0.0483. The molecule has 5 fully saturated rings. The molecular weight excluding hydrogens is 410 g/mol. The molecule has 0 bridgehead atoms. The SMILES string of the molecule is C=C1[C@H](O)CC(=CC=C2CCC[C@]3(C)[C@@H](C(C)CCN4CCOC5(CC5)C4)CC[C@@H]23)C[C@@H]1O. The highest BCUT2D eigenvalue weighted by Gasteiger charge is 2.51. The van der Waals surface area contributed by atoms with Crippen LogP contribution in [0.4, 0.5) is 0 Å². The molecule has 0 aromatic carbocycles. The Bertz CT molecular complexity index is 796. The van der Waals surface area contributed by atoms with Gasteiger partial charge in [-0.2, -0.15) is 0 Å². The van der Waals surface area contributed by atoms with Crippen molar-refractivity contribution in [2.45, 2.75) is 95.9 Å². The molecule has 1 aliphatic heterocycles. The van der Waals surface area contributed by atoms with Gasteiger partial charge in [0.05, 0.1) is 24.4 Å². The van der Waals surface area contributed by atoms with Gasteiger partial charge in [0.15, 0.2) is 0 Å². The van der Waals surface area contributed by atoms with E-state index in [0.717, 1.165) is 37.1 Å². The average Bonchev–Trinajstić information content (AvgIpc) is 3.42. The van der Waals surface area contributed by atoms with Gasteiger partial charge in [0, 0.05) is 13.1 Å². The highest BCUT2D eigenvalue weighted by molar-refractivity contribution is 5.29. The van der Waals surface area contributed by atoms with E-state index in [2.05, 4.69) is 37.5 Å². The number of morpholine rings is 1. The number of rotatable bonds is 5. The molecule has 4 saturated carbocycles. The maximum absolute atomic E-state index is 10.2. The maximum Gasteiger partial charge on any atom is 0.0811 e. The summed E-state index contributed by atoms with van der Waals surface area (Å²) in [7, 11) is 0. The number of aliphatic hydroxyl groups excluding tert-OH is 2. The molecule has 4 aliphatic carbocycles. The van der Waals surface area contributed by atoms with Crippen molar-refractivity contribution in [1.29, 1.82) is 0 Å². The van der Waals surface area contributed by atoms with E-state index in [1.54, 1.807) is 5.57 Å². The molecule has 0 amide bonds. The zero-order valence-electron chi connectivity index (χ0n) is 20.9. The van der Waals surface area contributed by atoms with E-state index in [4.69, 9.17) is 4.74 Å². The third-order valence-electron chi connectivity index (χ3n) is 10.1. The Morgan fingerprint density at radius 1 is 1.15 bits per heavy atom. The van der Waals surface area contributed by atoms with Gasteiger partial charge in [-0.3, -0.25) is 4.90 Å². The average molecular weight is 456 g/mol. The molecule has 0 aromatic heterocycles. The number of hydrogen-bond acceptors (Lipinski definition) is 4. The first-order chi connectivity index (χ1) is 15.8. The van der Waals surface area contributed by atoms with Gasteiger partial charge in [-0.25, -0.2) is 0 Å². The van der Waals surface area contributed by atoms with Crippen molar-refractivity contribution in [1.82, 2.24) is 4.90 Å². The molecular formula is C29H45NO3. The minimum absolute atomic E-state index is 0.237. The summed E-state index contributed by atoms with van der Waals surface area (Å²) in [4.78, 5) is 2.67. The van der Waals surface area contributed by atoms with Crippen molar-refractivity contribution in [2.75, 3.05) is 26.2 Å². The summed E-state index contributed by atoms with van der Waals surface area (Å²) in [6, 6.07) is 0. The summed E-state index contributed by atoms with van der Waals surface area (Å²) in [5, 5.41) is 20.4. The van der Waals surface area contributed by atoms with Gasteiger partial charge in [-0.05, 0) is 99.5 Å². The Morgan fingerprint density at radius 2 is 1.91 bits per heavy atom. The van der Waals surface area contributed by atoms with Crippen LogP contribution in [0.1, 0.15) is 78.1 Å². The second-order valence-electron chi connectivity index (χ2n) is 12.3. The maximum atomic E-state index is 10.2. The van der Waals surface area contributed by atoms with Crippen LogP contribution >= 0.6 is 0 Å². The number of hydrogen-bond donors (Lipinski definition) is 2. The molecule has 0 aromatic rings. The van der Waals surface area contributed by atoms with Crippen LogP contribution in [0.3, 0.4) is 0 Å². The molecule has 1 saturated heterocycles. The minimum atomic E-state index is -0.604. The molecule has 2 N–H and O–H groups in total. The van der Waals surface area contributed by atoms with Gasteiger partial charge >= 0.3 is 0 Å². The van der Waals surface area contributed by atoms with Crippen LogP contribution in [-0.2, 0) is 4.74 Å². The Hall–Kier alpha value is -0.940. The van der Waals surface area contributed by atoms with Crippen LogP contribution in [0.15, 0.2) is 35.5 Å². The van der Waals surface area contributed by atoms with Gasteiger partial charge in [0.25, 0.3) is 0 Å². The van der Waals surface area contributed by atoms with E-state index in [1.807, 2.05) is 0 Å². The first-order valence-electron chi connectivity index (χ1n) is 13.6. The van der Waals surface area contributed by atoms with Crippen molar-refractivity contribution in [3.8, 4) is 0 Å². The monoisotopic (exact) mass is 455 g/mol. The van der Waals surface area contributed by atoms with Crippen molar-refractivity contribution in [3.05, 3.63) is 35.5 Å². The fourth-order valence-electron chi connectivity index (χ4n) is 7.78. The second kappa shape index (κ2) is 9.26. The largest absolute Gasteiger partial charge is 0.388 e. The van der Waals surface area contributed by atoms with Gasteiger partial charge in [-0.15, -0.1) is 0 Å². The highest BCUT2D eigenvalue weighted by Crippen LogP contribution is 2.59. The van der Waals surface area contributed by atoms with Crippen LogP contribution < -0.4 is 0 Å². The zero-order chi connectivity index (χ0) is 23.2. The smallest absolute Gasteiger partial charge is 0.0811 e. The highest BCUT2D eigenvalue weighted by atomic mass is 16.5. The van der Waals surface area contributed by atoms with E-state index in [0.29, 0.717) is 29.7 Å². The summed E-state index contributed by atoms with van der Waals surface area (Å²) in [6.07, 6.45) is 15.0. The fourth-order valence-corrected chi connectivity index (χ4v) is 7.78. The van der Waals surface area contributed by atoms with Crippen LogP contribution in [-0.4, -0.2) is 59.2 Å². The van der Waals surface area contributed by atoms with Gasteiger partial charge in [-0.1, -0.05) is 43.7 Å².